The van der Waals surface area contributed by atoms with E-state index in [0.29, 0.717) is 12.0 Å². The molecule has 0 spiro atoms. The molecule has 0 radical (unpaired) electrons. The molecular formula is C17H18N4O2. The molecule has 1 N–H and O–H groups in total. The van der Waals surface area contributed by atoms with Crippen molar-refractivity contribution in [2.75, 3.05) is 6.54 Å². The van der Waals surface area contributed by atoms with E-state index in [1.165, 1.54) is 0 Å². The number of urea groups is 1. The van der Waals surface area contributed by atoms with Gasteiger partial charge in [-0.3, -0.25) is 9.69 Å². The molecule has 1 fully saturated rings. The normalized spacial score (nSPS) is 21.5. The van der Waals surface area contributed by atoms with Crippen molar-refractivity contribution in [1.82, 2.24) is 10.2 Å². The summed E-state index contributed by atoms with van der Waals surface area (Å²) >= 11 is 0. The third kappa shape index (κ3) is 3.17. The van der Waals surface area contributed by atoms with E-state index in [9.17, 15) is 9.59 Å². The number of carbonyl (C=O) groups excluding carboxylic acids is 2. The average molecular weight is 310 g/mol. The van der Waals surface area contributed by atoms with E-state index in [-0.39, 0.29) is 18.9 Å². The van der Waals surface area contributed by atoms with Crippen molar-refractivity contribution in [3.63, 3.8) is 0 Å². The number of amides is 3. The van der Waals surface area contributed by atoms with Crippen LogP contribution in [-0.4, -0.2) is 23.4 Å². The Morgan fingerprint density at radius 2 is 1.91 bits per heavy atom. The van der Waals surface area contributed by atoms with Gasteiger partial charge < -0.3 is 5.32 Å². The fourth-order valence-corrected chi connectivity index (χ4v) is 2.60. The van der Waals surface area contributed by atoms with Crippen LogP contribution in [0.4, 0.5) is 4.79 Å². The van der Waals surface area contributed by atoms with Crippen molar-refractivity contribution in [3.05, 3.63) is 35.4 Å². The van der Waals surface area contributed by atoms with E-state index in [4.69, 9.17) is 10.5 Å². The first-order chi connectivity index (χ1) is 10.9. The fraction of sp³-hybridized carbons (Fsp3) is 0.412. The van der Waals surface area contributed by atoms with Gasteiger partial charge in [-0.1, -0.05) is 29.8 Å². The second-order valence-electron chi connectivity index (χ2n) is 5.86. The molecule has 0 unspecified atom stereocenters. The van der Waals surface area contributed by atoms with Crippen molar-refractivity contribution in [1.29, 1.82) is 10.5 Å². The Hall–Kier alpha value is -2.86. The average Bonchev–Trinajstić information content (AvgIpc) is 2.75. The van der Waals surface area contributed by atoms with E-state index in [1.54, 1.807) is 6.92 Å². The van der Waals surface area contributed by atoms with Gasteiger partial charge in [0.15, 0.2) is 0 Å². The highest BCUT2D eigenvalue weighted by atomic mass is 16.2. The van der Waals surface area contributed by atoms with Gasteiger partial charge in [0.2, 0.25) is 0 Å². The first-order valence-electron chi connectivity index (χ1n) is 7.40. The first kappa shape index (κ1) is 16.5. The van der Waals surface area contributed by atoms with Gasteiger partial charge in [-0.2, -0.15) is 10.5 Å². The van der Waals surface area contributed by atoms with E-state index >= 15 is 0 Å². The quantitative estimate of drug-likeness (QED) is 0.843. The highest BCUT2D eigenvalue weighted by molar-refractivity contribution is 6.07. The molecule has 0 bridgehead atoms. The number of rotatable bonds is 5. The Morgan fingerprint density at radius 1 is 1.26 bits per heavy atom. The monoisotopic (exact) mass is 310 g/mol. The zero-order valence-electron chi connectivity index (χ0n) is 13.2. The van der Waals surface area contributed by atoms with E-state index in [0.717, 1.165) is 10.5 Å². The van der Waals surface area contributed by atoms with Crippen LogP contribution in [0.3, 0.4) is 0 Å². The number of aryl methyl sites for hydroxylation is 1. The largest absolute Gasteiger partial charge is 0.325 e. The maximum Gasteiger partial charge on any atom is 0.325 e. The molecule has 0 aliphatic carbocycles. The second-order valence-corrected chi connectivity index (χ2v) is 5.86. The number of hydrogen-bond acceptors (Lipinski definition) is 4. The highest BCUT2D eigenvalue weighted by Gasteiger charge is 2.49. The van der Waals surface area contributed by atoms with Crippen molar-refractivity contribution >= 4 is 11.9 Å². The van der Waals surface area contributed by atoms with Gasteiger partial charge in [0, 0.05) is 13.0 Å². The third-order valence-electron chi connectivity index (χ3n) is 4.09. The smallest absolute Gasteiger partial charge is 0.319 e. The lowest BCUT2D eigenvalue weighted by Crippen LogP contribution is -2.41. The summed E-state index contributed by atoms with van der Waals surface area (Å²) in [4.78, 5) is 26.0. The summed E-state index contributed by atoms with van der Waals surface area (Å²) in [5.74, 6) is -0.909. The molecule has 2 rings (SSSR count). The Bertz CT molecular complexity index is 699. The molecule has 1 aromatic rings. The van der Waals surface area contributed by atoms with Gasteiger partial charge in [0.05, 0.1) is 18.1 Å². The lowest BCUT2D eigenvalue weighted by atomic mass is 9.91. The predicted molar refractivity (Wildman–Crippen MR) is 82.7 cm³/mol. The molecule has 118 valence electrons. The van der Waals surface area contributed by atoms with Crippen molar-refractivity contribution < 1.29 is 9.59 Å². The van der Waals surface area contributed by atoms with Gasteiger partial charge in [-0.25, -0.2) is 4.79 Å². The fourth-order valence-electron chi connectivity index (χ4n) is 2.60. The van der Waals surface area contributed by atoms with Crippen LogP contribution in [-0.2, 0) is 10.3 Å². The molecule has 3 amide bonds. The molecule has 1 saturated heterocycles. The van der Waals surface area contributed by atoms with Crippen LogP contribution >= 0.6 is 0 Å². The Labute approximate surface area is 135 Å². The standard InChI is InChI=1S/C17H18N4O2/c1-12-5-7-14(8-6-12)17(2)15(22)21(16(23)20-17)11-13(10-19)4-3-9-18/h5-8,13H,3-4,11H2,1-2H3,(H,20,23)/t13-,17+/m1/s1. The van der Waals surface area contributed by atoms with Crippen LogP contribution in [0.5, 0.6) is 0 Å². The molecule has 1 aliphatic rings. The minimum absolute atomic E-state index is 0.00426. The van der Waals surface area contributed by atoms with Crippen LogP contribution in [0.15, 0.2) is 24.3 Å². The molecular weight excluding hydrogens is 292 g/mol. The molecule has 23 heavy (non-hydrogen) atoms. The summed E-state index contributed by atoms with van der Waals surface area (Å²) in [6.45, 7) is 3.61. The van der Waals surface area contributed by atoms with Gasteiger partial charge in [-0.05, 0) is 25.8 Å². The van der Waals surface area contributed by atoms with Crippen molar-refractivity contribution in [2.45, 2.75) is 32.2 Å². The topological polar surface area (TPSA) is 97.0 Å². The first-order valence-corrected chi connectivity index (χ1v) is 7.40. The Balaban J connectivity index is 2.21. The second kappa shape index (κ2) is 6.50. The number of nitriles is 2. The minimum atomic E-state index is -1.12. The van der Waals surface area contributed by atoms with Gasteiger partial charge >= 0.3 is 6.03 Å². The van der Waals surface area contributed by atoms with E-state index in [1.807, 2.05) is 37.3 Å². The minimum Gasteiger partial charge on any atom is -0.319 e. The maximum absolute atomic E-state index is 12.7. The Morgan fingerprint density at radius 3 is 2.48 bits per heavy atom. The molecule has 6 nitrogen and oxygen atoms in total. The summed E-state index contributed by atoms with van der Waals surface area (Å²) in [6.07, 6.45) is 0.558. The molecule has 2 atom stereocenters. The lowest BCUT2D eigenvalue weighted by molar-refractivity contribution is -0.131. The number of benzene rings is 1. The van der Waals surface area contributed by atoms with Crippen LogP contribution in [0, 0.1) is 35.5 Å². The van der Waals surface area contributed by atoms with E-state index < -0.39 is 17.5 Å². The zero-order valence-corrected chi connectivity index (χ0v) is 13.2. The van der Waals surface area contributed by atoms with Gasteiger partial charge in [0.1, 0.15) is 5.54 Å². The molecule has 6 heteroatoms. The van der Waals surface area contributed by atoms with Gasteiger partial charge in [0.25, 0.3) is 5.91 Å². The van der Waals surface area contributed by atoms with Crippen molar-refractivity contribution in [3.8, 4) is 12.1 Å². The summed E-state index contributed by atoms with van der Waals surface area (Å²) in [6, 6.07) is 10.9. The zero-order chi connectivity index (χ0) is 17.0. The molecule has 1 aliphatic heterocycles. The van der Waals surface area contributed by atoms with Crippen molar-refractivity contribution in [2.24, 2.45) is 5.92 Å². The number of hydrogen-bond donors (Lipinski definition) is 1. The van der Waals surface area contributed by atoms with Crippen LogP contribution < -0.4 is 5.32 Å². The molecule has 1 heterocycles. The Kier molecular flexibility index (Phi) is 4.66. The highest BCUT2D eigenvalue weighted by Crippen LogP contribution is 2.29. The summed E-state index contributed by atoms with van der Waals surface area (Å²) in [7, 11) is 0. The number of nitrogens with one attached hydrogen (secondary N) is 1. The maximum atomic E-state index is 12.7. The summed E-state index contributed by atoms with van der Waals surface area (Å²) in [5, 5.41) is 20.5. The number of imide groups is 1. The molecule has 0 saturated carbocycles. The van der Waals surface area contributed by atoms with Crippen LogP contribution in [0.1, 0.15) is 30.9 Å². The summed E-state index contributed by atoms with van der Waals surface area (Å²) in [5.41, 5.74) is 0.640. The predicted octanol–water partition coefficient (Wildman–Crippen LogP) is 2.21. The third-order valence-corrected chi connectivity index (χ3v) is 4.09. The number of carbonyl (C=O) groups is 2. The SMILES string of the molecule is Cc1ccc([C@]2(C)NC(=O)N(C[C@@H](C#N)CCC#N)C2=O)cc1. The van der Waals surface area contributed by atoms with Gasteiger partial charge in [-0.15, -0.1) is 0 Å². The summed E-state index contributed by atoms with van der Waals surface area (Å²) < 4.78 is 0. The lowest BCUT2D eigenvalue weighted by Gasteiger charge is -2.23. The molecule has 0 aromatic heterocycles. The van der Waals surface area contributed by atoms with E-state index in [2.05, 4.69) is 11.4 Å². The van der Waals surface area contributed by atoms with Crippen LogP contribution in [0.25, 0.3) is 0 Å². The van der Waals surface area contributed by atoms with Crippen LogP contribution in [0.2, 0.25) is 0 Å². The number of nitrogens with zero attached hydrogens (tertiary/aromatic N) is 3. The molecule has 1 aromatic carbocycles.